The predicted molar refractivity (Wildman–Crippen MR) is 82.7 cm³/mol. The van der Waals surface area contributed by atoms with Gasteiger partial charge in [0, 0.05) is 16.7 Å². The van der Waals surface area contributed by atoms with Crippen LogP contribution in [0.1, 0.15) is 5.56 Å². The van der Waals surface area contributed by atoms with E-state index in [1.165, 1.54) is 0 Å². The predicted octanol–water partition coefficient (Wildman–Crippen LogP) is 5.28. The molecule has 0 fully saturated rings. The molecular formula is C15H7F5N2S2. The van der Waals surface area contributed by atoms with Gasteiger partial charge in [-0.15, -0.1) is 0 Å². The number of para-hydroxylation sites is 1. The number of fused-ring (bicyclic) bond motifs is 1. The Bertz CT molecular complexity index is 974. The molecule has 0 radical (unpaired) electrons. The van der Waals surface area contributed by atoms with E-state index in [0.717, 1.165) is 11.8 Å². The highest BCUT2D eigenvalue weighted by Gasteiger charge is 2.25. The molecule has 0 bridgehead atoms. The van der Waals surface area contributed by atoms with E-state index in [1.54, 1.807) is 24.3 Å². The maximum absolute atomic E-state index is 13.7. The molecule has 1 aromatic heterocycles. The molecule has 0 aliphatic rings. The minimum atomic E-state index is -2.18. The van der Waals surface area contributed by atoms with Gasteiger partial charge in [0.25, 0.3) is 0 Å². The topological polar surface area (TPSA) is 28.7 Å². The third kappa shape index (κ3) is 2.89. The van der Waals surface area contributed by atoms with Gasteiger partial charge in [-0.1, -0.05) is 36.1 Å². The van der Waals surface area contributed by atoms with E-state index in [2.05, 4.69) is 9.97 Å². The zero-order valence-electron chi connectivity index (χ0n) is 11.7. The summed E-state index contributed by atoms with van der Waals surface area (Å²) in [6.45, 7) is 0. The van der Waals surface area contributed by atoms with Crippen LogP contribution in [0.2, 0.25) is 0 Å². The summed E-state index contributed by atoms with van der Waals surface area (Å²) in [6.07, 6.45) is 0. The van der Waals surface area contributed by atoms with Crippen molar-refractivity contribution >= 4 is 34.9 Å². The molecule has 0 spiro atoms. The number of halogens is 5. The Labute approximate surface area is 141 Å². The molecule has 124 valence electrons. The fourth-order valence-electron chi connectivity index (χ4n) is 2.06. The smallest absolute Gasteiger partial charge is 0.200 e. The molecular weight excluding hydrogens is 367 g/mol. The number of rotatable bonds is 3. The Hall–Kier alpha value is -2.00. The first-order valence-electron chi connectivity index (χ1n) is 6.52. The molecule has 0 aliphatic carbocycles. The Morgan fingerprint density at radius 2 is 1.50 bits per heavy atom. The lowest BCUT2D eigenvalue weighted by Crippen LogP contribution is -2.06. The fraction of sp³-hybridized carbons (Fsp3) is 0.0667. The van der Waals surface area contributed by atoms with E-state index in [4.69, 9.17) is 12.2 Å². The first kappa shape index (κ1) is 16.8. The summed E-state index contributed by atoms with van der Waals surface area (Å²) in [5, 5.41) is 0.899. The molecule has 0 atom stereocenters. The van der Waals surface area contributed by atoms with Gasteiger partial charge >= 0.3 is 0 Å². The maximum atomic E-state index is 13.7. The van der Waals surface area contributed by atoms with Crippen molar-refractivity contribution in [1.82, 2.24) is 9.97 Å². The van der Waals surface area contributed by atoms with Crippen molar-refractivity contribution < 1.29 is 22.0 Å². The summed E-state index contributed by atoms with van der Waals surface area (Å²) >= 11 is 5.91. The van der Waals surface area contributed by atoms with E-state index in [9.17, 15) is 22.0 Å². The monoisotopic (exact) mass is 374 g/mol. The van der Waals surface area contributed by atoms with Crippen LogP contribution in [0.3, 0.4) is 0 Å². The van der Waals surface area contributed by atoms with Gasteiger partial charge in [-0.3, -0.25) is 0 Å². The lowest BCUT2D eigenvalue weighted by atomic mass is 10.2. The van der Waals surface area contributed by atoms with Crippen LogP contribution >= 0.6 is 24.0 Å². The van der Waals surface area contributed by atoms with Crippen LogP contribution in [0, 0.1) is 33.7 Å². The highest BCUT2D eigenvalue weighted by Crippen LogP contribution is 2.29. The molecule has 2 nitrogen and oxygen atoms in total. The number of aromatic nitrogens is 2. The standard InChI is InChI=1S/C15H7F5N2S2/c16-9-7(10(17)12(19)13(20)11(9)18)5-24-15-21-8-4-2-1-3-6(8)14(23)22-15/h1-4H,5H2,(H,21,22,23). The summed E-state index contributed by atoms with van der Waals surface area (Å²) in [5.74, 6) is -10.3. The number of hydrogen-bond donors (Lipinski definition) is 1. The van der Waals surface area contributed by atoms with Crippen molar-refractivity contribution in [1.29, 1.82) is 0 Å². The maximum Gasteiger partial charge on any atom is 0.200 e. The fourth-order valence-corrected chi connectivity index (χ4v) is 3.26. The van der Waals surface area contributed by atoms with Crippen LogP contribution in [0.15, 0.2) is 29.4 Å². The summed E-state index contributed by atoms with van der Waals surface area (Å²) in [7, 11) is 0. The zero-order valence-corrected chi connectivity index (χ0v) is 13.3. The molecule has 9 heteroatoms. The Morgan fingerprint density at radius 1 is 0.917 bits per heavy atom. The van der Waals surface area contributed by atoms with Crippen molar-refractivity contribution in [3.8, 4) is 0 Å². The quantitative estimate of drug-likeness (QED) is 0.169. The molecule has 1 heterocycles. The third-order valence-electron chi connectivity index (χ3n) is 3.26. The Balaban J connectivity index is 1.96. The van der Waals surface area contributed by atoms with E-state index in [1.807, 2.05) is 0 Å². The van der Waals surface area contributed by atoms with Crippen molar-refractivity contribution in [3.63, 3.8) is 0 Å². The van der Waals surface area contributed by atoms with Gasteiger partial charge in [0.15, 0.2) is 28.4 Å². The summed E-state index contributed by atoms with van der Waals surface area (Å²) < 4.78 is 67.0. The van der Waals surface area contributed by atoms with Crippen LogP contribution in [-0.2, 0) is 5.75 Å². The second-order valence-corrected chi connectivity index (χ2v) is 6.08. The first-order valence-corrected chi connectivity index (χ1v) is 7.91. The molecule has 2 aromatic carbocycles. The Morgan fingerprint density at radius 3 is 2.17 bits per heavy atom. The number of benzene rings is 2. The molecule has 0 amide bonds. The van der Waals surface area contributed by atoms with Crippen molar-refractivity contribution in [2.75, 3.05) is 0 Å². The van der Waals surface area contributed by atoms with E-state index in [-0.39, 0.29) is 9.80 Å². The molecule has 0 saturated heterocycles. The van der Waals surface area contributed by atoms with E-state index in [0.29, 0.717) is 10.9 Å². The summed E-state index contributed by atoms with van der Waals surface area (Å²) in [6, 6.07) is 7.01. The molecule has 0 aliphatic heterocycles. The number of aromatic amines is 1. The molecule has 1 N–H and O–H groups in total. The van der Waals surface area contributed by atoms with Gasteiger partial charge in [-0.2, -0.15) is 0 Å². The number of nitrogens with one attached hydrogen (secondary N) is 1. The lowest BCUT2D eigenvalue weighted by molar-refractivity contribution is 0.372. The first-order chi connectivity index (χ1) is 11.4. The number of H-pyrrole nitrogens is 1. The molecule has 0 saturated carbocycles. The molecule has 3 aromatic rings. The SMILES string of the molecule is Fc1c(F)c(F)c(CSc2nc(=S)c3ccccc3[nH]2)c(F)c1F. The average molecular weight is 374 g/mol. The van der Waals surface area contributed by atoms with Gasteiger partial charge in [0.05, 0.1) is 5.52 Å². The minimum Gasteiger partial charge on any atom is -0.334 e. The number of nitrogens with zero attached hydrogens (tertiary/aromatic N) is 1. The highest BCUT2D eigenvalue weighted by molar-refractivity contribution is 7.98. The second kappa shape index (κ2) is 6.48. The average Bonchev–Trinajstić information content (AvgIpc) is 2.58. The van der Waals surface area contributed by atoms with Crippen molar-refractivity contribution in [3.05, 3.63) is 63.6 Å². The molecule has 0 unspecified atom stereocenters. The van der Waals surface area contributed by atoms with Crippen molar-refractivity contribution in [2.45, 2.75) is 10.9 Å². The number of thioether (sulfide) groups is 1. The summed E-state index contributed by atoms with van der Waals surface area (Å²) in [5.41, 5.74) is -0.261. The highest BCUT2D eigenvalue weighted by atomic mass is 32.2. The third-order valence-corrected chi connectivity index (χ3v) is 4.47. The van der Waals surface area contributed by atoms with Gasteiger partial charge in [0.1, 0.15) is 4.64 Å². The number of hydrogen-bond acceptors (Lipinski definition) is 3. The second-order valence-electron chi connectivity index (χ2n) is 4.73. The van der Waals surface area contributed by atoms with Crippen LogP contribution in [0.5, 0.6) is 0 Å². The normalized spacial score (nSPS) is 11.2. The van der Waals surface area contributed by atoms with Gasteiger partial charge in [-0.05, 0) is 12.1 Å². The van der Waals surface area contributed by atoms with Gasteiger partial charge < -0.3 is 4.98 Å². The minimum absolute atomic E-state index is 0.211. The van der Waals surface area contributed by atoms with Crippen LogP contribution in [-0.4, -0.2) is 9.97 Å². The van der Waals surface area contributed by atoms with Gasteiger partial charge in [-0.25, -0.2) is 26.9 Å². The molecule has 3 rings (SSSR count). The molecule has 24 heavy (non-hydrogen) atoms. The van der Waals surface area contributed by atoms with Crippen LogP contribution < -0.4 is 0 Å². The van der Waals surface area contributed by atoms with Crippen LogP contribution in [0.4, 0.5) is 22.0 Å². The van der Waals surface area contributed by atoms with E-state index >= 15 is 0 Å². The Kier molecular flexibility index (Phi) is 4.55. The van der Waals surface area contributed by atoms with E-state index < -0.39 is 40.4 Å². The lowest BCUT2D eigenvalue weighted by Gasteiger charge is -2.08. The largest absolute Gasteiger partial charge is 0.334 e. The van der Waals surface area contributed by atoms with Crippen LogP contribution in [0.25, 0.3) is 10.9 Å². The summed E-state index contributed by atoms with van der Waals surface area (Å²) in [4.78, 5) is 6.95. The van der Waals surface area contributed by atoms with Gasteiger partial charge in [0.2, 0.25) is 5.82 Å². The zero-order chi connectivity index (χ0) is 17.4. The van der Waals surface area contributed by atoms with Crippen molar-refractivity contribution in [2.24, 2.45) is 0 Å².